The fraction of sp³-hybridized carbons (Fsp3) is 1.00. The first-order valence-corrected chi connectivity index (χ1v) is 7.37. The Morgan fingerprint density at radius 3 is 1.79 bits per heavy atom. The molecule has 0 unspecified atom stereocenters. The molecule has 0 aromatic carbocycles. The molecule has 0 bridgehead atoms. The highest BCUT2D eigenvalue weighted by atomic mass is 28.4. The Morgan fingerprint density at radius 2 is 1.57 bits per heavy atom. The van der Waals surface area contributed by atoms with E-state index in [0.29, 0.717) is 5.54 Å². The van der Waals surface area contributed by atoms with Crippen LogP contribution in [0.5, 0.6) is 0 Å². The Balaban J connectivity index is 4.96. The predicted octanol–water partition coefficient (Wildman–Crippen LogP) is 3.71. The van der Waals surface area contributed by atoms with Crippen LogP contribution in [-0.2, 0) is 8.85 Å². The van der Waals surface area contributed by atoms with Crippen LogP contribution in [0.25, 0.3) is 0 Å². The van der Waals surface area contributed by atoms with Crippen molar-refractivity contribution in [1.29, 1.82) is 0 Å². The van der Waals surface area contributed by atoms with Crippen molar-refractivity contribution in [2.75, 3.05) is 14.2 Å². The normalized spacial score (nSPS) is 13.7. The van der Waals surface area contributed by atoms with Crippen molar-refractivity contribution in [2.45, 2.75) is 58.0 Å². The van der Waals surface area contributed by atoms with Gasteiger partial charge >= 0.3 is 8.56 Å². The molecule has 0 spiro atoms. The summed E-state index contributed by atoms with van der Waals surface area (Å²) < 4.78 is 11.6. The van der Waals surface area contributed by atoms with Gasteiger partial charge in [-0.1, -0.05) is 41.0 Å². The summed E-state index contributed by atoms with van der Waals surface area (Å²) in [6.07, 6.45) is 2.35. The molecular formula is C11H26O2Si. The summed E-state index contributed by atoms with van der Waals surface area (Å²) in [4.78, 5) is 0. The number of hydrogen-bond donors (Lipinski definition) is 0. The predicted molar refractivity (Wildman–Crippen MR) is 63.8 cm³/mol. The van der Waals surface area contributed by atoms with E-state index in [1.54, 1.807) is 14.2 Å². The SMILES string of the molecule is CCCC(C)(C)[Si](OC)(OC)C(C)C. The molecular weight excluding hydrogens is 192 g/mol. The van der Waals surface area contributed by atoms with E-state index in [4.69, 9.17) is 8.85 Å². The molecule has 0 rings (SSSR count). The van der Waals surface area contributed by atoms with Crippen molar-refractivity contribution < 1.29 is 8.85 Å². The minimum atomic E-state index is -2.07. The average molecular weight is 218 g/mol. The lowest BCUT2D eigenvalue weighted by Crippen LogP contribution is -2.52. The van der Waals surface area contributed by atoms with Gasteiger partial charge in [0.1, 0.15) is 0 Å². The van der Waals surface area contributed by atoms with Crippen LogP contribution >= 0.6 is 0 Å². The maximum Gasteiger partial charge on any atom is 0.346 e. The molecule has 3 heteroatoms. The molecule has 0 saturated heterocycles. The van der Waals surface area contributed by atoms with Crippen LogP contribution in [0.3, 0.4) is 0 Å². The second kappa shape index (κ2) is 5.28. The van der Waals surface area contributed by atoms with Gasteiger partial charge in [-0.05, 0) is 12.0 Å². The Kier molecular flexibility index (Phi) is 5.34. The first kappa shape index (κ1) is 14.1. The van der Waals surface area contributed by atoms with Gasteiger partial charge in [-0.25, -0.2) is 0 Å². The molecule has 86 valence electrons. The van der Waals surface area contributed by atoms with Gasteiger partial charge in [-0.15, -0.1) is 0 Å². The van der Waals surface area contributed by atoms with Crippen LogP contribution in [0, 0.1) is 0 Å². The maximum absolute atomic E-state index is 5.78. The van der Waals surface area contributed by atoms with E-state index < -0.39 is 8.56 Å². The van der Waals surface area contributed by atoms with Gasteiger partial charge in [0.15, 0.2) is 0 Å². The van der Waals surface area contributed by atoms with E-state index >= 15 is 0 Å². The molecule has 0 atom stereocenters. The third-order valence-corrected chi connectivity index (χ3v) is 8.05. The quantitative estimate of drug-likeness (QED) is 0.633. The van der Waals surface area contributed by atoms with Crippen molar-refractivity contribution in [3.8, 4) is 0 Å². The van der Waals surface area contributed by atoms with Crippen molar-refractivity contribution in [3.63, 3.8) is 0 Å². The first-order valence-electron chi connectivity index (χ1n) is 5.48. The second-order valence-corrected chi connectivity index (χ2v) is 9.52. The summed E-state index contributed by atoms with van der Waals surface area (Å²) in [5.74, 6) is 0. The summed E-state index contributed by atoms with van der Waals surface area (Å²) >= 11 is 0. The van der Waals surface area contributed by atoms with Crippen molar-refractivity contribution >= 4 is 8.56 Å². The molecule has 2 nitrogen and oxygen atoms in total. The van der Waals surface area contributed by atoms with E-state index in [0.717, 1.165) is 0 Å². The van der Waals surface area contributed by atoms with Crippen LogP contribution in [0.4, 0.5) is 0 Å². The molecule has 0 saturated carbocycles. The van der Waals surface area contributed by atoms with Crippen LogP contribution in [0.15, 0.2) is 0 Å². The average Bonchev–Trinajstić information content (AvgIpc) is 2.05. The Morgan fingerprint density at radius 1 is 1.14 bits per heavy atom. The van der Waals surface area contributed by atoms with Crippen molar-refractivity contribution in [1.82, 2.24) is 0 Å². The highest BCUT2D eigenvalue weighted by Crippen LogP contribution is 2.47. The maximum atomic E-state index is 5.78. The highest BCUT2D eigenvalue weighted by molar-refractivity contribution is 6.71. The zero-order chi connectivity index (χ0) is 11.4. The Bertz CT molecular complexity index is 163. The molecule has 0 aliphatic rings. The van der Waals surface area contributed by atoms with Gasteiger partial charge in [0, 0.05) is 19.3 Å². The smallest absolute Gasteiger partial charge is 0.346 e. The largest absolute Gasteiger partial charge is 0.397 e. The summed E-state index contributed by atoms with van der Waals surface area (Å²) in [6, 6.07) is 0. The molecule has 0 fully saturated rings. The van der Waals surface area contributed by atoms with E-state index in [1.807, 2.05) is 0 Å². The number of hydrogen-bond acceptors (Lipinski definition) is 2. The molecule has 0 heterocycles. The van der Waals surface area contributed by atoms with E-state index in [9.17, 15) is 0 Å². The lowest BCUT2D eigenvalue weighted by atomic mass is 10.1. The summed E-state index contributed by atoms with van der Waals surface area (Å²) in [7, 11) is 1.53. The topological polar surface area (TPSA) is 18.5 Å². The van der Waals surface area contributed by atoms with Crippen molar-refractivity contribution in [2.24, 2.45) is 0 Å². The first-order chi connectivity index (χ1) is 6.38. The van der Waals surface area contributed by atoms with E-state index in [-0.39, 0.29) is 5.04 Å². The fourth-order valence-corrected chi connectivity index (χ4v) is 7.06. The van der Waals surface area contributed by atoms with Gasteiger partial charge in [0.2, 0.25) is 0 Å². The third-order valence-electron chi connectivity index (χ3n) is 3.18. The summed E-state index contributed by atoms with van der Waals surface area (Å²) in [5, 5.41) is 0.180. The van der Waals surface area contributed by atoms with Crippen LogP contribution < -0.4 is 0 Å². The molecule has 0 aliphatic carbocycles. The molecule has 14 heavy (non-hydrogen) atoms. The summed E-state index contributed by atoms with van der Waals surface area (Å²) in [6.45, 7) is 11.2. The van der Waals surface area contributed by atoms with Crippen molar-refractivity contribution in [3.05, 3.63) is 0 Å². The zero-order valence-corrected chi connectivity index (χ0v) is 11.8. The lowest BCUT2D eigenvalue weighted by Gasteiger charge is -2.44. The number of rotatable bonds is 6. The highest BCUT2D eigenvalue weighted by Gasteiger charge is 2.52. The van der Waals surface area contributed by atoms with Gasteiger partial charge < -0.3 is 8.85 Å². The van der Waals surface area contributed by atoms with E-state index in [2.05, 4.69) is 34.6 Å². The van der Waals surface area contributed by atoms with E-state index in [1.165, 1.54) is 12.8 Å². The molecule has 0 aromatic rings. The zero-order valence-electron chi connectivity index (χ0n) is 10.8. The van der Waals surface area contributed by atoms with Crippen LogP contribution in [0.1, 0.15) is 47.5 Å². The lowest BCUT2D eigenvalue weighted by molar-refractivity contribution is 0.196. The molecule has 0 radical (unpaired) electrons. The standard InChI is InChI=1S/C11H26O2Si/c1-8-9-11(4,5)14(12-6,13-7)10(2)3/h10H,8-9H2,1-7H3. The van der Waals surface area contributed by atoms with Crippen LogP contribution in [0.2, 0.25) is 10.6 Å². The molecule has 0 amide bonds. The van der Waals surface area contributed by atoms with Gasteiger partial charge in [-0.3, -0.25) is 0 Å². The van der Waals surface area contributed by atoms with Gasteiger partial charge in [0.25, 0.3) is 0 Å². The minimum Gasteiger partial charge on any atom is -0.397 e. The monoisotopic (exact) mass is 218 g/mol. The molecule has 0 N–H and O–H groups in total. The Labute approximate surface area is 90.2 Å². The molecule has 0 aliphatic heterocycles. The fourth-order valence-electron chi connectivity index (χ4n) is 2.69. The Hall–Kier alpha value is 0.137. The third kappa shape index (κ3) is 2.38. The van der Waals surface area contributed by atoms with Crippen LogP contribution in [-0.4, -0.2) is 22.8 Å². The summed E-state index contributed by atoms with van der Waals surface area (Å²) in [5.41, 5.74) is 0.485. The second-order valence-electron chi connectivity index (χ2n) is 4.86. The minimum absolute atomic E-state index is 0.180. The van der Waals surface area contributed by atoms with Gasteiger partial charge in [0.05, 0.1) is 0 Å². The molecule has 0 aromatic heterocycles. The van der Waals surface area contributed by atoms with Gasteiger partial charge in [-0.2, -0.15) is 0 Å².